The van der Waals surface area contributed by atoms with Crippen LogP contribution >= 0.6 is 11.3 Å². The number of benzene rings is 1. The largest absolute Gasteiger partial charge is 0.486 e. The molecule has 0 spiro atoms. The lowest BCUT2D eigenvalue weighted by atomic mass is 10.3. The van der Waals surface area contributed by atoms with Crippen molar-refractivity contribution in [1.82, 2.24) is 9.97 Å². The SMILES string of the molecule is c1nc(Oc2ccc3c(c2)OCCO3)c2sccc2n1. The van der Waals surface area contributed by atoms with Crippen LogP contribution in [0.4, 0.5) is 0 Å². The van der Waals surface area contributed by atoms with Crippen molar-refractivity contribution < 1.29 is 14.2 Å². The number of ether oxygens (including phenoxy) is 3. The van der Waals surface area contributed by atoms with Crippen LogP contribution in [0.3, 0.4) is 0 Å². The van der Waals surface area contributed by atoms with Crippen LogP contribution in [0.2, 0.25) is 0 Å². The average molecular weight is 286 g/mol. The molecule has 3 heterocycles. The molecule has 6 heteroatoms. The fourth-order valence-electron chi connectivity index (χ4n) is 2.04. The second kappa shape index (κ2) is 4.64. The van der Waals surface area contributed by atoms with Gasteiger partial charge in [0.2, 0.25) is 5.88 Å². The minimum absolute atomic E-state index is 0.555. The molecule has 100 valence electrons. The van der Waals surface area contributed by atoms with E-state index in [9.17, 15) is 0 Å². The van der Waals surface area contributed by atoms with Crippen LogP contribution < -0.4 is 14.2 Å². The lowest BCUT2D eigenvalue weighted by Gasteiger charge is -2.18. The Morgan fingerprint density at radius 3 is 2.90 bits per heavy atom. The monoisotopic (exact) mass is 286 g/mol. The van der Waals surface area contributed by atoms with E-state index in [-0.39, 0.29) is 0 Å². The summed E-state index contributed by atoms with van der Waals surface area (Å²) in [6.45, 7) is 1.13. The summed E-state index contributed by atoms with van der Waals surface area (Å²) in [6, 6.07) is 7.44. The van der Waals surface area contributed by atoms with Crippen molar-refractivity contribution in [3.63, 3.8) is 0 Å². The van der Waals surface area contributed by atoms with Crippen molar-refractivity contribution in [1.29, 1.82) is 0 Å². The number of thiophene rings is 1. The van der Waals surface area contributed by atoms with E-state index in [0.29, 0.717) is 30.6 Å². The first-order chi connectivity index (χ1) is 9.90. The van der Waals surface area contributed by atoms with Gasteiger partial charge in [-0.25, -0.2) is 9.97 Å². The van der Waals surface area contributed by atoms with E-state index < -0.39 is 0 Å². The average Bonchev–Trinajstić information content (AvgIpc) is 2.97. The zero-order valence-corrected chi connectivity index (χ0v) is 11.2. The van der Waals surface area contributed by atoms with Crippen molar-refractivity contribution >= 4 is 21.6 Å². The van der Waals surface area contributed by atoms with Gasteiger partial charge in [0, 0.05) is 6.07 Å². The fourth-order valence-corrected chi connectivity index (χ4v) is 2.81. The maximum Gasteiger partial charge on any atom is 0.240 e. The highest BCUT2D eigenvalue weighted by Gasteiger charge is 2.14. The molecule has 0 unspecified atom stereocenters. The molecule has 0 amide bonds. The van der Waals surface area contributed by atoms with E-state index in [0.717, 1.165) is 16.0 Å². The lowest BCUT2D eigenvalue weighted by molar-refractivity contribution is 0.171. The number of nitrogens with zero attached hydrogens (tertiary/aromatic N) is 2. The molecule has 2 aromatic heterocycles. The summed E-state index contributed by atoms with van der Waals surface area (Å²) in [7, 11) is 0. The van der Waals surface area contributed by atoms with Gasteiger partial charge in [0.15, 0.2) is 11.5 Å². The molecule has 0 aliphatic carbocycles. The van der Waals surface area contributed by atoms with Crippen molar-refractivity contribution in [3.8, 4) is 23.1 Å². The molecule has 0 radical (unpaired) electrons. The Morgan fingerprint density at radius 1 is 1.05 bits per heavy atom. The standard InChI is InChI=1S/C14H10N2O3S/c1-2-11-12(18-5-4-17-11)7-9(1)19-14-13-10(3-6-20-13)15-8-16-14/h1-3,6-8H,4-5H2. The predicted octanol–water partition coefficient (Wildman–Crippen LogP) is 3.25. The van der Waals surface area contributed by atoms with E-state index >= 15 is 0 Å². The van der Waals surface area contributed by atoms with E-state index in [1.54, 1.807) is 11.3 Å². The van der Waals surface area contributed by atoms with Crippen LogP contribution in [0.15, 0.2) is 36.0 Å². The summed E-state index contributed by atoms with van der Waals surface area (Å²) in [5.74, 6) is 2.67. The van der Waals surface area contributed by atoms with Gasteiger partial charge < -0.3 is 14.2 Å². The molecular formula is C14H10N2O3S. The Morgan fingerprint density at radius 2 is 1.95 bits per heavy atom. The maximum atomic E-state index is 5.84. The van der Waals surface area contributed by atoms with Gasteiger partial charge in [0.1, 0.15) is 30.0 Å². The lowest BCUT2D eigenvalue weighted by Crippen LogP contribution is -2.15. The molecule has 0 fully saturated rings. The van der Waals surface area contributed by atoms with Gasteiger partial charge in [-0.15, -0.1) is 11.3 Å². The normalized spacial score (nSPS) is 13.4. The van der Waals surface area contributed by atoms with Crippen LogP contribution in [-0.2, 0) is 0 Å². The topological polar surface area (TPSA) is 53.5 Å². The van der Waals surface area contributed by atoms with Crippen molar-refractivity contribution in [2.75, 3.05) is 13.2 Å². The zero-order valence-electron chi connectivity index (χ0n) is 10.4. The first kappa shape index (κ1) is 11.5. The Kier molecular flexibility index (Phi) is 2.67. The Labute approximate surface area is 118 Å². The Bertz CT molecular complexity index is 772. The second-order valence-electron chi connectivity index (χ2n) is 4.22. The molecule has 0 saturated heterocycles. The van der Waals surface area contributed by atoms with Crippen LogP contribution in [-0.4, -0.2) is 23.2 Å². The number of rotatable bonds is 2. The molecule has 5 nitrogen and oxygen atoms in total. The summed E-state index contributed by atoms with van der Waals surface area (Å²) in [4.78, 5) is 8.38. The zero-order chi connectivity index (χ0) is 13.4. The van der Waals surface area contributed by atoms with Gasteiger partial charge in [-0.3, -0.25) is 0 Å². The summed E-state index contributed by atoms with van der Waals surface area (Å²) in [6.07, 6.45) is 1.50. The molecule has 1 aliphatic heterocycles. The molecule has 0 bridgehead atoms. The van der Waals surface area contributed by atoms with Crippen LogP contribution in [0.1, 0.15) is 0 Å². The van der Waals surface area contributed by atoms with Crippen molar-refractivity contribution in [2.45, 2.75) is 0 Å². The van der Waals surface area contributed by atoms with Gasteiger partial charge >= 0.3 is 0 Å². The van der Waals surface area contributed by atoms with E-state index in [1.807, 2.05) is 29.6 Å². The highest BCUT2D eigenvalue weighted by molar-refractivity contribution is 7.17. The second-order valence-corrected chi connectivity index (χ2v) is 5.14. The van der Waals surface area contributed by atoms with E-state index in [4.69, 9.17) is 14.2 Å². The van der Waals surface area contributed by atoms with Crippen LogP contribution in [0.25, 0.3) is 10.2 Å². The summed E-state index contributed by atoms with van der Waals surface area (Å²) in [5.41, 5.74) is 0.887. The smallest absolute Gasteiger partial charge is 0.240 e. The van der Waals surface area contributed by atoms with E-state index in [2.05, 4.69) is 9.97 Å². The van der Waals surface area contributed by atoms with E-state index in [1.165, 1.54) is 6.33 Å². The third kappa shape index (κ3) is 1.94. The molecule has 0 N–H and O–H groups in total. The highest BCUT2D eigenvalue weighted by Crippen LogP contribution is 2.36. The first-order valence-corrected chi connectivity index (χ1v) is 7.04. The minimum atomic E-state index is 0.555. The number of hydrogen-bond donors (Lipinski definition) is 0. The highest BCUT2D eigenvalue weighted by atomic mass is 32.1. The predicted molar refractivity (Wildman–Crippen MR) is 74.9 cm³/mol. The van der Waals surface area contributed by atoms with Crippen molar-refractivity contribution in [3.05, 3.63) is 36.0 Å². The molecule has 1 aliphatic rings. The molecule has 4 rings (SSSR count). The van der Waals surface area contributed by atoms with Gasteiger partial charge in [-0.2, -0.15) is 0 Å². The van der Waals surface area contributed by atoms with Crippen LogP contribution in [0.5, 0.6) is 23.1 Å². The van der Waals surface area contributed by atoms with Gasteiger partial charge in [-0.1, -0.05) is 0 Å². The molecule has 1 aromatic carbocycles. The molecular weight excluding hydrogens is 276 g/mol. The number of fused-ring (bicyclic) bond motifs is 2. The molecule has 0 atom stereocenters. The number of aromatic nitrogens is 2. The third-order valence-corrected chi connectivity index (χ3v) is 3.83. The first-order valence-electron chi connectivity index (χ1n) is 6.16. The minimum Gasteiger partial charge on any atom is -0.486 e. The van der Waals surface area contributed by atoms with Gasteiger partial charge in [0.05, 0.1) is 5.52 Å². The summed E-state index contributed by atoms with van der Waals surface area (Å²) >= 11 is 1.56. The van der Waals surface area contributed by atoms with Crippen LogP contribution in [0, 0.1) is 0 Å². The fraction of sp³-hybridized carbons (Fsp3) is 0.143. The molecule has 3 aromatic rings. The third-order valence-electron chi connectivity index (χ3n) is 2.94. The molecule has 0 saturated carbocycles. The van der Waals surface area contributed by atoms with Crippen molar-refractivity contribution in [2.24, 2.45) is 0 Å². The quantitative estimate of drug-likeness (QED) is 0.723. The van der Waals surface area contributed by atoms with Gasteiger partial charge in [0.25, 0.3) is 0 Å². The maximum absolute atomic E-state index is 5.84. The Balaban J connectivity index is 1.70. The number of hydrogen-bond acceptors (Lipinski definition) is 6. The molecule has 20 heavy (non-hydrogen) atoms. The summed E-state index contributed by atoms with van der Waals surface area (Å²) in [5, 5.41) is 1.97. The summed E-state index contributed by atoms with van der Waals surface area (Å²) < 4.78 is 17.8. The van der Waals surface area contributed by atoms with Gasteiger partial charge in [-0.05, 0) is 23.6 Å². The Hall–Kier alpha value is -2.34.